The van der Waals surface area contributed by atoms with Gasteiger partial charge in [-0.15, -0.1) is 0 Å². The van der Waals surface area contributed by atoms with Crippen LogP contribution in [0.1, 0.15) is 19.4 Å². The lowest BCUT2D eigenvalue weighted by Crippen LogP contribution is -2.44. The Balaban J connectivity index is 2.26. The summed E-state index contributed by atoms with van der Waals surface area (Å²) in [5.41, 5.74) is 8.78. The van der Waals surface area contributed by atoms with Gasteiger partial charge in [0.25, 0.3) is 0 Å². The molecule has 106 valence electrons. The van der Waals surface area contributed by atoms with E-state index >= 15 is 0 Å². The maximum atomic E-state index is 5.95. The highest BCUT2D eigenvalue weighted by atomic mass is 15.2. The number of aryl methyl sites for hydroxylation is 1. The standard InChI is InChI=1S/C16H27N3/c1-4-14-7-5-6-8-16(14)19-11-13(2)10-18(3)15(9-17)12-19/h5-8,13,15H,4,9-12,17H2,1-3H3. The van der Waals surface area contributed by atoms with Crippen LogP contribution in [0.5, 0.6) is 0 Å². The maximum Gasteiger partial charge on any atom is 0.0399 e. The number of hydrogen-bond donors (Lipinski definition) is 1. The smallest absolute Gasteiger partial charge is 0.0399 e. The van der Waals surface area contributed by atoms with Gasteiger partial charge in [0.2, 0.25) is 0 Å². The van der Waals surface area contributed by atoms with E-state index in [9.17, 15) is 0 Å². The lowest BCUT2D eigenvalue weighted by Gasteiger charge is -2.30. The molecule has 3 heteroatoms. The molecular weight excluding hydrogens is 234 g/mol. The van der Waals surface area contributed by atoms with E-state index in [1.165, 1.54) is 11.3 Å². The number of benzene rings is 1. The molecule has 1 aromatic rings. The van der Waals surface area contributed by atoms with Crippen molar-refractivity contribution < 1.29 is 0 Å². The van der Waals surface area contributed by atoms with E-state index in [1.807, 2.05) is 0 Å². The van der Waals surface area contributed by atoms with Crippen molar-refractivity contribution >= 4 is 5.69 Å². The van der Waals surface area contributed by atoms with Gasteiger partial charge in [-0.3, -0.25) is 0 Å². The molecule has 0 aromatic heterocycles. The molecule has 1 aliphatic rings. The number of hydrogen-bond acceptors (Lipinski definition) is 3. The van der Waals surface area contributed by atoms with Crippen LogP contribution in [0, 0.1) is 5.92 Å². The zero-order valence-corrected chi connectivity index (χ0v) is 12.5. The molecule has 0 radical (unpaired) electrons. The van der Waals surface area contributed by atoms with Gasteiger partial charge in [0.05, 0.1) is 0 Å². The Hall–Kier alpha value is -1.06. The van der Waals surface area contributed by atoms with Crippen LogP contribution >= 0.6 is 0 Å². The number of nitrogens with two attached hydrogens (primary N) is 1. The Morgan fingerprint density at radius 2 is 1.95 bits per heavy atom. The predicted molar refractivity (Wildman–Crippen MR) is 82.7 cm³/mol. The van der Waals surface area contributed by atoms with Crippen molar-refractivity contribution in [1.29, 1.82) is 0 Å². The maximum absolute atomic E-state index is 5.95. The molecule has 2 unspecified atom stereocenters. The Morgan fingerprint density at radius 1 is 1.21 bits per heavy atom. The highest BCUT2D eigenvalue weighted by Crippen LogP contribution is 2.24. The summed E-state index contributed by atoms with van der Waals surface area (Å²) in [5, 5.41) is 0. The van der Waals surface area contributed by atoms with Gasteiger partial charge in [0.15, 0.2) is 0 Å². The first-order valence-corrected chi connectivity index (χ1v) is 7.38. The first-order valence-electron chi connectivity index (χ1n) is 7.38. The molecular formula is C16H27N3. The van der Waals surface area contributed by atoms with Gasteiger partial charge < -0.3 is 15.5 Å². The molecule has 2 rings (SSSR count). The van der Waals surface area contributed by atoms with Crippen LogP contribution in [-0.4, -0.2) is 44.2 Å². The SMILES string of the molecule is CCc1ccccc1N1CC(C)CN(C)C(CN)C1. The monoisotopic (exact) mass is 261 g/mol. The second-order valence-corrected chi connectivity index (χ2v) is 5.82. The summed E-state index contributed by atoms with van der Waals surface area (Å²) in [6, 6.07) is 9.23. The molecule has 0 spiro atoms. The Labute approximate surface area is 117 Å². The van der Waals surface area contributed by atoms with E-state index in [4.69, 9.17) is 5.73 Å². The minimum absolute atomic E-state index is 0.454. The fourth-order valence-electron chi connectivity index (χ4n) is 3.11. The minimum atomic E-state index is 0.454. The molecule has 1 fully saturated rings. The Bertz CT molecular complexity index is 405. The zero-order chi connectivity index (χ0) is 13.8. The predicted octanol–water partition coefficient (Wildman–Crippen LogP) is 1.96. The van der Waals surface area contributed by atoms with Gasteiger partial charge in [-0.25, -0.2) is 0 Å². The van der Waals surface area contributed by atoms with Gasteiger partial charge in [0.1, 0.15) is 0 Å². The van der Waals surface area contributed by atoms with Gasteiger partial charge in [-0.1, -0.05) is 32.0 Å². The first-order chi connectivity index (χ1) is 9.15. The second kappa shape index (κ2) is 6.40. The molecule has 1 saturated heterocycles. The van der Waals surface area contributed by atoms with Crippen molar-refractivity contribution in [1.82, 2.24) is 4.90 Å². The van der Waals surface area contributed by atoms with Crippen LogP contribution in [0.25, 0.3) is 0 Å². The van der Waals surface area contributed by atoms with Crippen molar-refractivity contribution in [3.63, 3.8) is 0 Å². The second-order valence-electron chi connectivity index (χ2n) is 5.82. The summed E-state index contributed by atoms with van der Waals surface area (Å²) in [4.78, 5) is 4.95. The molecule has 3 nitrogen and oxygen atoms in total. The molecule has 19 heavy (non-hydrogen) atoms. The highest BCUT2D eigenvalue weighted by Gasteiger charge is 2.25. The van der Waals surface area contributed by atoms with Crippen molar-refractivity contribution in [2.24, 2.45) is 11.7 Å². The third-order valence-electron chi connectivity index (χ3n) is 4.17. The first kappa shape index (κ1) is 14.4. The van der Waals surface area contributed by atoms with Crippen molar-refractivity contribution in [3.05, 3.63) is 29.8 Å². The lowest BCUT2D eigenvalue weighted by atomic mass is 10.1. The number of anilines is 1. The average molecular weight is 261 g/mol. The molecule has 2 N–H and O–H groups in total. The molecule has 1 heterocycles. The van der Waals surface area contributed by atoms with Gasteiger partial charge >= 0.3 is 0 Å². The molecule has 0 saturated carbocycles. The largest absolute Gasteiger partial charge is 0.369 e. The molecule has 0 amide bonds. The van der Waals surface area contributed by atoms with Crippen molar-refractivity contribution in [2.75, 3.05) is 38.1 Å². The lowest BCUT2D eigenvalue weighted by molar-refractivity contribution is 0.244. The molecule has 0 bridgehead atoms. The Kier molecular flexibility index (Phi) is 4.83. The summed E-state index contributed by atoms with van der Waals surface area (Å²) < 4.78 is 0. The normalized spacial score (nSPS) is 25.4. The van der Waals surface area contributed by atoms with E-state index in [0.717, 1.165) is 32.6 Å². The Morgan fingerprint density at radius 3 is 2.63 bits per heavy atom. The summed E-state index contributed by atoms with van der Waals surface area (Å²) in [6.07, 6.45) is 1.09. The number of likely N-dealkylation sites (N-methyl/N-ethyl adjacent to an activating group) is 1. The van der Waals surface area contributed by atoms with Crippen molar-refractivity contribution in [3.8, 4) is 0 Å². The van der Waals surface area contributed by atoms with E-state index < -0.39 is 0 Å². The van der Waals surface area contributed by atoms with Gasteiger partial charge in [-0.05, 0) is 31.0 Å². The van der Waals surface area contributed by atoms with E-state index in [0.29, 0.717) is 12.0 Å². The third kappa shape index (κ3) is 3.28. The number of para-hydroxylation sites is 1. The summed E-state index contributed by atoms with van der Waals surface area (Å²) >= 11 is 0. The van der Waals surface area contributed by atoms with Crippen LogP contribution in [0.4, 0.5) is 5.69 Å². The van der Waals surface area contributed by atoms with Crippen LogP contribution in [0.2, 0.25) is 0 Å². The van der Waals surface area contributed by atoms with Gasteiger partial charge in [-0.2, -0.15) is 0 Å². The molecule has 1 aromatic carbocycles. The number of nitrogens with zero attached hydrogens (tertiary/aromatic N) is 2. The van der Waals surface area contributed by atoms with Crippen LogP contribution in [-0.2, 0) is 6.42 Å². The summed E-state index contributed by atoms with van der Waals surface area (Å²) in [5.74, 6) is 0.673. The average Bonchev–Trinajstić information content (AvgIpc) is 2.56. The fourth-order valence-corrected chi connectivity index (χ4v) is 3.11. The third-order valence-corrected chi connectivity index (χ3v) is 4.17. The van der Waals surface area contributed by atoms with E-state index in [-0.39, 0.29) is 0 Å². The van der Waals surface area contributed by atoms with Crippen LogP contribution in [0.15, 0.2) is 24.3 Å². The summed E-state index contributed by atoms with van der Waals surface area (Å²) in [7, 11) is 2.20. The summed E-state index contributed by atoms with van der Waals surface area (Å²) in [6.45, 7) is 8.58. The highest BCUT2D eigenvalue weighted by molar-refractivity contribution is 5.54. The van der Waals surface area contributed by atoms with E-state index in [1.54, 1.807) is 0 Å². The van der Waals surface area contributed by atoms with Gasteiger partial charge in [0, 0.05) is 37.9 Å². The molecule has 0 aliphatic carbocycles. The molecule has 2 atom stereocenters. The quantitative estimate of drug-likeness (QED) is 0.903. The number of rotatable bonds is 3. The topological polar surface area (TPSA) is 32.5 Å². The van der Waals surface area contributed by atoms with Crippen LogP contribution < -0.4 is 10.6 Å². The molecule has 1 aliphatic heterocycles. The minimum Gasteiger partial charge on any atom is -0.369 e. The zero-order valence-electron chi connectivity index (χ0n) is 12.5. The van der Waals surface area contributed by atoms with Crippen LogP contribution in [0.3, 0.4) is 0 Å². The van der Waals surface area contributed by atoms with Crippen molar-refractivity contribution in [2.45, 2.75) is 26.3 Å². The fraction of sp³-hybridized carbons (Fsp3) is 0.625. The van der Waals surface area contributed by atoms with E-state index in [2.05, 4.69) is 55.0 Å².